The number of ether oxygens (including phenoxy) is 1. The predicted octanol–water partition coefficient (Wildman–Crippen LogP) is 2.59. The van der Waals surface area contributed by atoms with Gasteiger partial charge in [0.15, 0.2) is 0 Å². The number of benzene rings is 1. The minimum Gasteiger partial charge on any atom is -0.375 e. The van der Waals surface area contributed by atoms with Gasteiger partial charge in [-0.2, -0.15) is 0 Å². The van der Waals surface area contributed by atoms with Crippen LogP contribution in [0.4, 0.5) is 0 Å². The van der Waals surface area contributed by atoms with Crippen molar-refractivity contribution >= 4 is 0 Å². The summed E-state index contributed by atoms with van der Waals surface area (Å²) < 4.78 is 5.89. The first kappa shape index (κ1) is 14.1. The number of fused-ring (bicyclic) bond motifs is 1. The van der Waals surface area contributed by atoms with Crippen LogP contribution in [0.25, 0.3) is 0 Å². The van der Waals surface area contributed by atoms with Crippen LogP contribution in [-0.2, 0) is 4.74 Å². The van der Waals surface area contributed by atoms with E-state index in [1.54, 1.807) is 0 Å². The van der Waals surface area contributed by atoms with Crippen LogP contribution in [0.1, 0.15) is 37.3 Å². The van der Waals surface area contributed by atoms with Gasteiger partial charge in [-0.05, 0) is 38.3 Å². The zero-order valence-electron chi connectivity index (χ0n) is 12.4. The molecule has 3 heteroatoms. The summed E-state index contributed by atoms with van der Waals surface area (Å²) in [6.07, 6.45) is 5.59. The Labute approximate surface area is 122 Å². The van der Waals surface area contributed by atoms with Gasteiger partial charge in [0, 0.05) is 25.2 Å². The third-order valence-electron chi connectivity index (χ3n) is 4.85. The number of morpholine rings is 1. The Kier molecular flexibility index (Phi) is 4.71. The highest BCUT2D eigenvalue weighted by Crippen LogP contribution is 2.30. The summed E-state index contributed by atoms with van der Waals surface area (Å²) in [7, 11) is 2.06. The van der Waals surface area contributed by atoms with E-state index in [2.05, 4.69) is 47.6 Å². The van der Waals surface area contributed by atoms with Gasteiger partial charge >= 0.3 is 0 Å². The van der Waals surface area contributed by atoms with Gasteiger partial charge in [-0.3, -0.25) is 4.90 Å². The van der Waals surface area contributed by atoms with E-state index in [-0.39, 0.29) is 0 Å². The van der Waals surface area contributed by atoms with Gasteiger partial charge in [0.25, 0.3) is 0 Å². The van der Waals surface area contributed by atoms with Crippen LogP contribution in [0.2, 0.25) is 0 Å². The van der Waals surface area contributed by atoms with Crippen molar-refractivity contribution in [2.75, 3.05) is 26.7 Å². The molecule has 3 nitrogen and oxygen atoms in total. The zero-order chi connectivity index (χ0) is 13.8. The second-order valence-electron chi connectivity index (χ2n) is 5.98. The third kappa shape index (κ3) is 3.05. The molecular formula is C17H26N2O. The number of nitrogens with zero attached hydrogens (tertiary/aromatic N) is 1. The van der Waals surface area contributed by atoms with E-state index in [0.29, 0.717) is 18.2 Å². The van der Waals surface area contributed by atoms with Crippen LogP contribution >= 0.6 is 0 Å². The number of hydrogen-bond donors (Lipinski definition) is 1. The molecule has 1 saturated carbocycles. The summed E-state index contributed by atoms with van der Waals surface area (Å²) in [5.74, 6) is 0. The summed E-state index contributed by atoms with van der Waals surface area (Å²) in [6.45, 7) is 3.19. The quantitative estimate of drug-likeness (QED) is 0.893. The van der Waals surface area contributed by atoms with Crippen LogP contribution in [0.15, 0.2) is 30.3 Å². The van der Waals surface area contributed by atoms with Gasteiger partial charge < -0.3 is 10.1 Å². The molecule has 3 unspecified atom stereocenters. The van der Waals surface area contributed by atoms with E-state index in [1.807, 2.05) is 0 Å². The normalized spacial score (nSPS) is 28.2. The van der Waals surface area contributed by atoms with Crippen LogP contribution < -0.4 is 5.32 Å². The van der Waals surface area contributed by atoms with E-state index in [9.17, 15) is 0 Å². The first-order chi connectivity index (χ1) is 9.88. The molecule has 1 N–H and O–H groups in total. The molecule has 0 radical (unpaired) electrons. The second kappa shape index (κ2) is 6.70. The second-order valence-corrected chi connectivity index (χ2v) is 5.98. The standard InChI is InChI=1S/C17H26N2O/c1-18-15(14-6-3-2-4-7-14)10-11-19-12-13-20-17-9-5-8-16(17)19/h2-4,6-7,15-18H,5,8-13H2,1H3. The lowest BCUT2D eigenvalue weighted by atomic mass is 10.0. The molecule has 110 valence electrons. The van der Waals surface area contributed by atoms with Crippen LogP contribution in [0.3, 0.4) is 0 Å². The molecule has 0 amide bonds. The summed E-state index contributed by atoms with van der Waals surface area (Å²) >= 11 is 0. The Hall–Kier alpha value is -0.900. The van der Waals surface area contributed by atoms with Crippen molar-refractivity contribution in [3.63, 3.8) is 0 Å². The molecule has 0 bridgehead atoms. The van der Waals surface area contributed by atoms with Gasteiger partial charge in [-0.1, -0.05) is 30.3 Å². The molecule has 2 fully saturated rings. The lowest BCUT2D eigenvalue weighted by Gasteiger charge is -2.38. The van der Waals surface area contributed by atoms with Crippen molar-refractivity contribution < 1.29 is 4.74 Å². The average Bonchev–Trinajstić information content (AvgIpc) is 2.98. The Balaban J connectivity index is 1.57. The topological polar surface area (TPSA) is 24.5 Å². The number of nitrogens with one attached hydrogen (secondary N) is 1. The fourth-order valence-electron chi connectivity index (χ4n) is 3.74. The fraction of sp³-hybridized carbons (Fsp3) is 0.647. The molecule has 3 atom stereocenters. The van der Waals surface area contributed by atoms with Crippen molar-refractivity contribution in [3.05, 3.63) is 35.9 Å². The Morgan fingerprint density at radius 1 is 1.30 bits per heavy atom. The highest BCUT2D eigenvalue weighted by atomic mass is 16.5. The van der Waals surface area contributed by atoms with E-state index in [4.69, 9.17) is 4.74 Å². The summed E-state index contributed by atoms with van der Waals surface area (Å²) in [6, 6.07) is 11.9. The van der Waals surface area contributed by atoms with Crippen molar-refractivity contribution in [2.45, 2.75) is 43.9 Å². The molecule has 3 rings (SSSR count). The maximum absolute atomic E-state index is 5.89. The zero-order valence-corrected chi connectivity index (χ0v) is 12.4. The molecule has 20 heavy (non-hydrogen) atoms. The molecule has 1 aromatic carbocycles. The average molecular weight is 274 g/mol. The summed E-state index contributed by atoms with van der Waals surface area (Å²) in [5.41, 5.74) is 1.39. The van der Waals surface area contributed by atoms with E-state index >= 15 is 0 Å². The lowest BCUT2D eigenvalue weighted by molar-refractivity contribution is -0.0563. The Morgan fingerprint density at radius 2 is 2.15 bits per heavy atom. The smallest absolute Gasteiger partial charge is 0.0730 e. The largest absolute Gasteiger partial charge is 0.375 e. The Bertz CT molecular complexity index is 409. The molecular weight excluding hydrogens is 248 g/mol. The van der Waals surface area contributed by atoms with Gasteiger partial charge in [0.1, 0.15) is 0 Å². The molecule has 0 spiro atoms. The molecule has 1 aliphatic heterocycles. The van der Waals surface area contributed by atoms with E-state index in [0.717, 1.165) is 13.2 Å². The third-order valence-corrected chi connectivity index (χ3v) is 4.85. The minimum atomic E-state index is 0.457. The number of rotatable bonds is 5. The maximum Gasteiger partial charge on any atom is 0.0730 e. The molecule has 1 aromatic rings. The maximum atomic E-state index is 5.89. The van der Waals surface area contributed by atoms with Crippen molar-refractivity contribution in [2.24, 2.45) is 0 Å². The van der Waals surface area contributed by atoms with Crippen molar-refractivity contribution in [3.8, 4) is 0 Å². The van der Waals surface area contributed by atoms with E-state index in [1.165, 1.54) is 37.8 Å². The lowest BCUT2D eigenvalue weighted by Crippen LogP contribution is -2.49. The van der Waals surface area contributed by atoms with Gasteiger partial charge in [-0.15, -0.1) is 0 Å². The first-order valence-corrected chi connectivity index (χ1v) is 7.96. The monoisotopic (exact) mass is 274 g/mol. The number of hydrogen-bond acceptors (Lipinski definition) is 3. The minimum absolute atomic E-state index is 0.457. The fourth-order valence-corrected chi connectivity index (χ4v) is 3.74. The summed E-state index contributed by atoms with van der Waals surface area (Å²) in [5, 5.41) is 3.46. The van der Waals surface area contributed by atoms with Gasteiger partial charge in [-0.25, -0.2) is 0 Å². The molecule has 0 aromatic heterocycles. The Morgan fingerprint density at radius 3 is 2.95 bits per heavy atom. The van der Waals surface area contributed by atoms with Crippen LogP contribution in [-0.4, -0.2) is 43.8 Å². The van der Waals surface area contributed by atoms with Gasteiger partial charge in [0.05, 0.1) is 12.7 Å². The SMILES string of the molecule is CNC(CCN1CCOC2CCCC21)c1ccccc1. The predicted molar refractivity (Wildman–Crippen MR) is 81.8 cm³/mol. The first-order valence-electron chi connectivity index (χ1n) is 7.96. The van der Waals surface area contributed by atoms with Crippen LogP contribution in [0.5, 0.6) is 0 Å². The van der Waals surface area contributed by atoms with Crippen LogP contribution in [0, 0.1) is 0 Å². The molecule has 1 saturated heterocycles. The van der Waals surface area contributed by atoms with Crippen molar-refractivity contribution in [1.29, 1.82) is 0 Å². The van der Waals surface area contributed by atoms with Crippen molar-refractivity contribution in [1.82, 2.24) is 10.2 Å². The molecule has 1 aliphatic carbocycles. The summed E-state index contributed by atoms with van der Waals surface area (Å²) in [4.78, 5) is 2.66. The van der Waals surface area contributed by atoms with E-state index < -0.39 is 0 Å². The molecule has 2 aliphatic rings. The highest BCUT2D eigenvalue weighted by molar-refractivity contribution is 5.18. The highest BCUT2D eigenvalue weighted by Gasteiger charge is 2.35. The van der Waals surface area contributed by atoms with Gasteiger partial charge in [0.2, 0.25) is 0 Å². The molecule has 1 heterocycles.